The second kappa shape index (κ2) is 6.49. The Bertz CT molecular complexity index is 966. The summed E-state index contributed by atoms with van der Waals surface area (Å²) >= 11 is 0. The van der Waals surface area contributed by atoms with E-state index in [1.807, 2.05) is 19.1 Å². The van der Waals surface area contributed by atoms with Crippen LogP contribution in [0.15, 0.2) is 36.7 Å². The molecule has 140 valence electrons. The normalized spacial score (nSPS) is 23.0. The standard InChI is InChI=1S/C20H24N6O/c1-13-10-18(26-20(23-13)21-12-22-26)24-17-8-9-25(15-6-7-15)19(17)14-4-3-5-16(11-14)27-2/h3-5,10-12,15,17,19,24H,6-9H2,1-2H3. The fourth-order valence-electron chi connectivity index (χ4n) is 4.26. The van der Waals surface area contributed by atoms with E-state index in [2.05, 4.69) is 43.5 Å². The number of nitrogens with one attached hydrogen (secondary N) is 1. The van der Waals surface area contributed by atoms with Crippen LogP contribution in [-0.4, -0.2) is 50.2 Å². The Kier molecular flexibility index (Phi) is 3.97. The summed E-state index contributed by atoms with van der Waals surface area (Å²) in [5.74, 6) is 2.49. The van der Waals surface area contributed by atoms with Gasteiger partial charge in [0.25, 0.3) is 5.78 Å². The lowest BCUT2D eigenvalue weighted by Gasteiger charge is -2.30. The zero-order valence-electron chi connectivity index (χ0n) is 15.7. The summed E-state index contributed by atoms with van der Waals surface area (Å²) in [6.45, 7) is 3.10. The zero-order chi connectivity index (χ0) is 18.4. The molecule has 1 aromatic carbocycles. The number of nitrogens with zero attached hydrogens (tertiary/aromatic N) is 5. The Morgan fingerprint density at radius 2 is 2.07 bits per heavy atom. The number of anilines is 1. The molecule has 7 nitrogen and oxygen atoms in total. The fourth-order valence-corrected chi connectivity index (χ4v) is 4.26. The van der Waals surface area contributed by atoms with Gasteiger partial charge in [-0.1, -0.05) is 12.1 Å². The zero-order valence-corrected chi connectivity index (χ0v) is 15.7. The number of benzene rings is 1. The first-order chi connectivity index (χ1) is 13.2. The third-order valence-electron chi connectivity index (χ3n) is 5.60. The molecule has 1 aliphatic carbocycles. The van der Waals surface area contributed by atoms with Crippen LogP contribution in [-0.2, 0) is 0 Å². The maximum Gasteiger partial charge on any atom is 0.254 e. The first kappa shape index (κ1) is 16.5. The largest absolute Gasteiger partial charge is 0.497 e. The number of rotatable bonds is 5. The molecule has 2 fully saturated rings. The average Bonchev–Trinajstić information content (AvgIpc) is 3.26. The number of aryl methyl sites for hydroxylation is 1. The summed E-state index contributed by atoms with van der Waals surface area (Å²) < 4.78 is 7.26. The highest BCUT2D eigenvalue weighted by Crippen LogP contribution is 2.42. The molecule has 0 spiro atoms. The van der Waals surface area contributed by atoms with Crippen LogP contribution in [0.5, 0.6) is 5.75 Å². The maximum atomic E-state index is 5.47. The van der Waals surface area contributed by atoms with Crippen molar-refractivity contribution in [2.45, 2.75) is 44.3 Å². The summed E-state index contributed by atoms with van der Waals surface area (Å²) in [5.41, 5.74) is 2.24. The van der Waals surface area contributed by atoms with E-state index in [4.69, 9.17) is 4.74 Å². The SMILES string of the molecule is COc1cccc(C2C(Nc3cc(C)nc4ncnn34)CCN2C2CC2)c1. The average molecular weight is 364 g/mol. The van der Waals surface area contributed by atoms with Crippen molar-refractivity contribution < 1.29 is 4.74 Å². The Labute approximate surface area is 158 Å². The van der Waals surface area contributed by atoms with E-state index in [1.54, 1.807) is 18.0 Å². The van der Waals surface area contributed by atoms with Gasteiger partial charge >= 0.3 is 0 Å². The molecular weight excluding hydrogens is 340 g/mol. The molecular formula is C20H24N6O. The van der Waals surface area contributed by atoms with Crippen molar-refractivity contribution in [1.29, 1.82) is 0 Å². The minimum Gasteiger partial charge on any atom is -0.497 e. The molecule has 0 bridgehead atoms. The van der Waals surface area contributed by atoms with Gasteiger partial charge in [0.05, 0.1) is 13.2 Å². The van der Waals surface area contributed by atoms with Crippen molar-refractivity contribution in [3.63, 3.8) is 0 Å². The van der Waals surface area contributed by atoms with E-state index >= 15 is 0 Å². The van der Waals surface area contributed by atoms with Crippen LogP contribution < -0.4 is 10.1 Å². The number of aromatic nitrogens is 4. The van der Waals surface area contributed by atoms with Crippen LogP contribution in [0, 0.1) is 6.92 Å². The highest BCUT2D eigenvalue weighted by molar-refractivity contribution is 5.46. The minimum absolute atomic E-state index is 0.298. The van der Waals surface area contributed by atoms with Crippen LogP contribution in [0.4, 0.5) is 5.82 Å². The molecule has 3 aromatic rings. The van der Waals surface area contributed by atoms with Gasteiger partial charge in [-0.15, -0.1) is 0 Å². The van der Waals surface area contributed by atoms with Gasteiger partial charge in [0, 0.05) is 30.4 Å². The number of methoxy groups -OCH3 is 1. The minimum atomic E-state index is 0.298. The second-order valence-electron chi connectivity index (χ2n) is 7.48. The topological polar surface area (TPSA) is 67.6 Å². The smallest absolute Gasteiger partial charge is 0.254 e. The molecule has 2 aromatic heterocycles. The third kappa shape index (κ3) is 3.02. The molecule has 7 heteroatoms. The van der Waals surface area contributed by atoms with Gasteiger partial charge in [-0.3, -0.25) is 4.90 Å². The number of hydrogen-bond acceptors (Lipinski definition) is 6. The first-order valence-electron chi connectivity index (χ1n) is 9.56. The molecule has 5 rings (SSSR count). The van der Waals surface area contributed by atoms with Gasteiger partial charge in [-0.2, -0.15) is 14.6 Å². The van der Waals surface area contributed by atoms with Crippen LogP contribution in [0.1, 0.15) is 36.6 Å². The number of ether oxygens (including phenoxy) is 1. The Hall–Kier alpha value is -2.67. The van der Waals surface area contributed by atoms with Gasteiger partial charge < -0.3 is 10.1 Å². The molecule has 2 atom stereocenters. The lowest BCUT2D eigenvalue weighted by atomic mass is 9.99. The van der Waals surface area contributed by atoms with E-state index in [0.29, 0.717) is 23.9 Å². The van der Waals surface area contributed by atoms with E-state index in [1.165, 1.54) is 18.4 Å². The number of fused-ring (bicyclic) bond motifs is 1. The molecule has 1 saturated heterocycles. The van der Waals surface area contributed by atoms with Crippen molar-refractivity contribution in [3.8, 4) is 5.75 Å². The molecule has 1 N–H and O–H groups in total. The monoisotopic (exact) mass is 364 g/mol. The number of hydrogen-bond donors (Lipinski definition) is 1. The lowest BCUT2D eigenvalue weighted by molar-refractivity contribution is 0.240. The van der Waals surface area contributed by atoms with Crippen LogP contribution >= 0.6 is 0 Å². The molecule has 0 amide bonds. The van der Waals surface area contributed by atoms with Crippen molar-refractivity contribution in [1.82, 2.24) is 24.5 Å². The van der Waals surface area contributed by atoms with E-state index in [9.17, 15) is 0 Å². The van der Waals surface area contributed by atoms with Crippen molar-refractivity contribution in [2.24, 2.45) is 0 Å². The van der Waals surface area contributed by atoms with E-state index in [0.717, 1.165) is 30.2 Å². The molecule has 1 aliphatic heterocycles. The lowest BCUT2D eigenvalue weighted by Crippen LogP contribution is -2.33. The molecule has 27 heavy (non-hydrogen) atoms. The van der Waals surface area contributed by atoms with E-state index in [-0.39, 0.29) is 0 Å². The van der Waals surface area contributed by atoms with Gasteiger partial charge in [-0.05, 0) is 43.9 Å². The van der Waals surface area contributed by atoms with Crippen molar-refractivity contribution >= 4 is 11.6 Å². The summed E-state index contributed by atoms with van der Waals surface area (Å²) in [7, 11) is 1.73. The summed E-state index contributed by atoms with van der Waals surface area (Å²) in [5, 5.41) is 8.09. The maximum absolute atomic E-state index is 5.47. The van der Waals surface area contributed by atoms with Crippen molar-refractivity contribution in [2.75, 3.05) is 19.0 Å². The Morgan fingerprint density at radius 3 is 2.89 bits per heavy atom. The highest BCUT2D eigenvalue weighted by Gasteiger charge is 2.43. The van der Waals surface area contributed by atoms with E-state index < -0.39 is 0 Å². The second-order valence-corrected chi connectivity index (χ2v) is 7.48. The van der Waals surface area contributed by atoms with Gasteiger partial charge in [0.1, 0.15) is 17.9 Å². The predicted octanol–water partition coefficient (Wildman–Crippen LogP) is 2.83. The van der Waals surface area contributed by atoms with Gasteiger partial charge in [0.15, 0.2) is 0 Å². The summed E-state index contributed by atoms with van der Waals surface area (Å²) in [6, 6.07) is 11.8. The van der Waals surface area contributed by atoms with Crippen LogP contribution in [0.2, 0.25) is 0 Å². The Balaban J connectivity index is 1.50. The predicted molar refractivity (Wildman–Crippen MR) is 103 cm³/mol. The fraction of sp³-hybridized carbons (Fsp3) is 0.450. The summed E-state index contributed by atoms with van der Waals surface area (Å²) in [4.78, 5) is 11.3. The quantitative estimate of drug-likeness (QED) is 0.751. The van der Waals surface area contributed by atoms with Crippen molar-refractivity contribution in [3.05, 3.63) is 47.9 Å². The Morgan fingerprint density at radius 1 is 1.19 bits per heavy atom. The van der Waals surface area contributed by atoms with Gasteiger partial charge in [0.2, 0.25) is 0 Å². The van der Waals surface area contributed by atoms with Crippen LogP contribution in [0.25, 0.3) is 5.78 Å². The molecule has 0 radical (unpaired) electrons. The third-order valence-corrected chi connectivity index (χ3v) is 5.60. The van der Waals surface area contributed by atoms with Gasteiger partial charge in [-0.25, -0.2) is 4.98 Å². The molecule has 3 heterocycles. The molecule has 1 saturated carbocycles. The molecule has 2 unspecified atom stereocenters. The van der Waals surface area contributed by atoms with Crippen LogP contribution in [0.3, 0.4) is 0 Å². The highest BCUT2D eigenvalue weighted by atomic mass is 16.5. The number of likely N-dealkylation sites (tertiary alicyclic amines) is 1. The first-order valence-corrected chi connectivity index (χ1v) is 9.56. The molecule has 2 aliphatic rings. The summed E-state index contributed by atoms with van der Waals surface area (Å²) in [6.07, 6.45) is 5.25.